The van der Waals surface area contributed by atoms with Crippen molar-refractivity contribution in [2.45, 2.75) is 26.8 Å². The normalized spacial score (nSPS) is 12.4. The third-order valence-corrected chi connectivity index (χ3v) is 8.17. The minimum atomic E-state index is -4.00. The molecule has 2 aromatic heterocycles. The molecule has 0 spiro atoms. The fourth-order valence-electron chi connectivity index (χ4n) is 3.63. The summed E-state index contributed by atoms with van der Waals surface area (Å²) in [6.45, 7) is 4.69. The van der Waals surface area contributed by atoms with Crippen molar-refractivity contribution in [1.82, 2.24) is 0 Å². The summed E-state index contributed by atoms with van der Waals surface area (Å²) in [7, 11) is -2.32. The lowest BCUT2D eigenvalue weighted by atomic mass is 10.1. The molecule has 0 saturated carbocycles. The summed E-state index contributed by atoms with van der Waals surface area (Å²) in [4.78, 5) is 0. The second kappa shape index (κ2) is 8.70. The van der Waals surface area contributed by atoms with Crippen molar-refractivity contribution in [3.8, 4) is 5.75 Å². The first-order chi connectivity index (χ1) is 14.8. The number of aryl methyl sites for hydroxylation is 3. The van der Waals surface area contributed by atoms with Crippen LogP contribution in [0.3, 0.4) is 0 Å². The second-order valence-electron chi connectivity index (χ2n) is 7.50. The number of benzene rings is 2. The van der Waals surface area contributed by atoms with Gasteiger partial charge in [0.25, 0.3) is 15.1 Å². The number of rotatable bonds is 7. The highest BCUT2D eigenvalue weighted by molar-refractivity contribution is 7.85. The first-order valence-electron chi connectivity index (χ1n) is 9.88. The molecule has 0 aliphatic heterocycles. The summed E-state index contributed by atoms with van der Waals surface area (Å²) < 4.78 is 41.6. The van der Waals surface area contributed by atoms with Crippen LogP contribution in [-0.4, -0.2) is 25.8 Å². The summed E-state index contributed by atoms with van der Waals surface area (Å²) in [5.41, 5.74) is 4.69. The minimum Gasteiger partial charge on any atom is -0.496 e. The molecule has 0 radical (unpaired) electrons. The molecule has 0 amide bonds. The lowest BCUT2D eigenvalue weighted by Gasteiger charge is -2.02. The molecule has 8 heteroatoms. The molecule has 4 aromatic rings. The van der Waals surface area contributed by atoms with Crippen LogP contribution in [0, 0.1) is 13.8 Å². The van der Waals surface area contributed by atoms with E-state index in [-0.39, 0.29) is 5.75 Å². The minimum absolute atomic E-state index is 0.263. The number of methoxy groups -OCH3 is 1. The summed E-state index contributed by atoms with van der Waals surface area (Å²) in [5, 5.41) is 4.11. The molecule has 0 unspecified atom stereocenters. The maximum Gasteiger partial charge on any atom is 0.265 e. The number of fused-ring (bicyclic) bond motifs is 3. The Kier molecular flexibility index (Phi) is 6.16. The van der Waals surface area contributed by atoms with E-state index < -0.39 is 10.1 Å². The zero-order chi connectivity index (χ0) is 22.2. The van der Waals surface area contributed by atoms with E-state index in [4.69, 9.17) is 4.74 Å². The predicted molar refractivity (Wildman–Crippen MR) is 130 cm³/mol. The average Bonchev–Trinajstić information content (AvgIpc) is 3.32. The number of hydrogen-bond acceptors (Lipinski definition) is 5. The summed E-state index contributed by atoms with van der Waals surface area (Å²) >= 11 is 3.29. The third kappa shape index (κ3) is 4.67. The van der Waals surface area contributed by atoms with Crippen molar-refractivity contribution in [3.05, 3.63) is 57.4 Å². The maximum absolute atomic E-state index is 11.3. The molecular formula is C23H24NO4S3+. The maximum atomic E-state index is 11.3. The summed E-state index contributed by atoms with van der Waals surface area (Å²) in [6.07, 6.45) is 4.49. The molecule has 0 aliphatic carbocycles. The second-order valence-corrected chi connectivity index (χ2v) is 11.0. The highest BCUT2D eigenvalue weighted by atomic mass is 32.2. The van der Waals surface area contributed by atoms with E-state index in [9.17, 15) is 13.0 Å². The molecule has 0 bridgehead atoms. The van der Waals surface area contributed by atoms with Gasteiger partial charge in [-0.05, 0) is 48.1 Å². The fraction of sp³-hybridized carbons (Fsp3) is 0.261. The topological polar surface area (TPSA) is 67.5 Å². The summed E-state index contributed by atoms with van der Waals surface area (Å²) in [5.74, 6) is 0.571. The van der Waals surface area contributed by atoms with Crippen LogP contribution in [0.15, 0.2) is 35.7 Å². The predicted octanol–water partition coefficient (Wildman–Crippen LogP) is 5.48. The first kappa shape index (κ1) is 22.0. The van der Waals surface area contributed by atoms with Gasteiger partial charge in [0.1, 0.15) is 15.1 Å². The monoisotopic (exact) mass is 474 g/mol. The van der Waals surface area contributed by atoms with Gasteiger partial charge in [-0.25, -0.2) is 0 Å². The van der Waals surface area contributed by atoms with Gasteiger partial charge < -0.3 is 4.74 Å². The average molecular weight is 475 g/mol. The number of hydrogen-bond donors (Lipinski definition) is 1. The van der Waals surface area contributed by atoms with Crippen LogP contribution >= 0.6 is 22.7 Å². The lowest BCUT2D eigenvalue weighted by Crippen LogP contribution is -2.36. The first-order valence-corrected chi connectivity index (χ1v) is 13.2. The Hall–Kier alpha value is -2.26. The van der Waals surface area contributed by atoms with E-state index in [0.717, 1.165) is 36.6 Å². The smallest absolute Gasteiger partial charge is 0.265 e. The van der Waals surface area contributed by atoms with Crippen LogP contribution in [0.2, 0.25) is 0 Å². The summed E-state index contributed by atoms with van der Waals surface area (Å²) in [6, 6.07) is 10.4. The molecule has 4 rings (SSSR count). The SMILES string of the molecule is COc1cc2sc(/C=C/c3ccc(C)c(C)c3)[n+](CCCS(=O)(=O)O)c2c2sccc12. The van der Waals surface area contributed by atoms with Crippen LogP contribution in [0.25, 0.3) is 32.5 Å². The molecule has 0 atom stereocenters. The molecule has 2 heterocycles. The lowest BCUT2D eigenvalue weighted by molar-refractivity contribution is -0.667. The molecule has 2 aromatic carbocycles. The Bertz CT molecular complexity index is 1400. The van der Waals surface area contributed by atoms with Crippen molar-refractivity contribution in [1.29, 1.82) is 0 Å². The highest BCUT2D eigenvalue weighted by Crippen LogP contribution is 2.38. The number of aromatic nitrogens is 1. The van der Waals surface area contributed by atoms with E-state index >= 15 is 0 Å². The quantitative estimate of drug-likeness (QED) is 0.285. The zero-order valence-corrected chi connectivity index (χ0v) is 20.0. The van der Waals surface area contributed by atoms with Gasteiger partial charge in [0.05, 0.1) is 12.9 Å². The van der Waals surface area contributed by atoms with Crippen LogP contribution in [0.1, 0.15) is 28.1 Å². The fourth-order valence-corrected chi connectivity index (χ4v) is 6.29. The van der Waals surface area contributed by atoms with Crippen molar-refractivity contribution in [2.24, 2.45) is 0 Å². The largest absolute Gasteiger partial charge is 0.496 e. The van der Waals surface area contributed by atoms with E-state index in [1.54, 1.807) is 29.8 Å². The van der Waals surface area contributed by atoms with Gasteiger partial charge in [-0.2, -0.15) is 13.0 Å². The molecular weight excluding hydrogens is 450 g/mol. The standard InChI is InChI=1S/C23H23NO4S3/c1-15-5-6-17(13-16(15)2)7-8-21-24(10-4-12-31(25,26)27)22-20(30-21)14-19(28-3)18-9-11-29-23(18)22/h5-9,11,13-14H,4,10,12H2,1-3H3/p+1/b8-7+. The van der Waals surface area contributed by atoms with E-state index in [1.807, 2.05) is 17.5 Å². The van der Waals surface area contributed by atoms with Crippen molar-refractivity contribution < 1.29 is 22.3 Å². The van der Waals surface area contributed by atoms with Gasteiger partial charge in [-0.3, -0.25) is 4.55 Å². The van der Waals surface area contributed by atoms with Gasteiger partial charge in [-0.15, -0.1) is 11.3 Å². The number of nitrogens with zero attached hydrogens (tertiary/aromatic N) is 1. The van der Waals surface area contributed by atoms with Crippen molar-refractivity contribution >= 4 is 65.2 Å². The van der Waals surface area contributed by atoms with Crippen LogP contribution < -0.4 is 9.30 Å². The van der Waals surface area contributed by atoms with Crippen molar-refractivity contribution in [3.63, 3.8) is 0 Å². The Morgan fingerprint density at radius 1 is 1.13 bits per heavy atom. The van der Waals surface area contributed by atoms with Crippen LogP contribution in [0.4, 0.5) is 0 Å². The Morgan fingerprint density at radius 2 is 1.94 bits per heavy atom. The molecule has 0 saturated heterocycles. The van der Waals surface area contributed by atoms with Crippen molar-refractivity contribution in [2.75, 3.05) is 12.9 Å². The van der Waals surface area contributed by atoms with Gasteiger partial charge in [-0.1, -0.05) is 29.5 Å². The van der Waals surface area contributed by atoms with Gasteiger partial charge in [0.2, 0.25) is 5.52 Å². The number of thiophene rings is 1. The highest BCUT2D eigenvalue weighted by Gasteiger charge is 2.24. The van der Waals surface area contributed by atoms with Crippen LogP contribution in [-0.2, 0) is 16.7 Å². The van der Waals surface area contributed by atoms with E-state index in [2.05, 4.69) is 48.8 Å². The van der Waals surface area contributed by atoms with E-state index in [1.165, 1.54) is 11.1 Å². The van der Waals surface area contributed by atoms with Crippen LogP contribution in [0.5, 0.6) is 5.75 Å². The molecule has 1 N–H and O–H groups in total. The third-order valence-electron chi connectivity index (χ3n) is 5.35. The van der Waals surface area contributed by atoms with Gasteiger partial charge in [0.15, 0.2) is 6.54 Å². The van der Waals surface area contributed by atoms with E-state index in [0.29, 0.717) is 13.0 Å². The Morgan fingerprint density at radius 3 is 2.65 bits per heavy atom. The zero-order valence-electron chi connectivity index (χ0n) is 17.6. The molecule has 31 heavy (non-hydrogen) atoms. The molecule has 0 fully saturated rings. The number of ether oxygens (including phenoxy) is 1. The van der Waals surface area contributed by atoms with Gasteiger partial charge >= 0.3 is 0 Å². The molecule has 0 aliphatic rings. The number of thiazole rings is 1. The Labute approximate surface area is 190 Å². The molecule has 5 nitrogen and oxygen atoms in total. The van der Waals surface area contributed by atoms with Gasteiger partial charge in [0, 0.05) is 23.9 Å². The Balaban J connectivity index is 1.83. The molecule has 162 valence electrons.